The highest BCUT2D eigenvalue weighted by atomic mass is 15.5. The Labute approximate surface area is 201 Å². The lowest BCUT2D eigenvalue weighted by atomic mass is 10.0. The normalized spacial score (nSPS) is 11.5. The van der Waals surface area contributed by atoms with Crippen molar-refractivity contribution in [2.75, 3.05) is 13.7 Å². The molecule has 172 valence electrons. The number of aliphatic imine (C=N–C) groups is 1. The van der Waals surface area contributed by atoms with Crippen molar-refractivity contribution in [3.8, 4) is 22.3 Å². The van der Waals surface area contributed by atoms with Crippen LogP contribution in [-0.2, 0) is 13.1 Å². The minimum absolute atomic E-state index is 0.385. The number of hydrogen-bond acceptors (Lipinski definition) is 3. The van der Waals surface area contributed by atoms with Crippen LogP contribution in [0.25, 0.3) is 22.3 Å². The smallest absolute Gasteiger partial charge is 0.204 e. The molecule has 0 unspecified atom stereocenters. The number of nitrogens with two attached hydrogens (primary N) is 1. The first kappa shape index (κ1) is 23.2. The maximum Gasteiger partial charge on any atom is 0.204 e. The summed E-state index contributed by atoms with van der Waals surface area (Å²) in [5.74, 6) is 0.385. The van der Waals surface area contributed by atoms with Gasteiger partial charge in [0.15, 0.2) is 0 Å². The summed E-state index contributed by atoms with van der Waals surface area (Å²) < 4.78 is 0. The van der Waals surface area contributed by atoms with Crippen LogP contribution in [0.3, 0.4) is 0 Å². The van der Waals surface area contributed by atoms with E-state index < -0.39 is 0 Å². The molecule has 0 atom stereocenters. The molecule has 34 heavy (non-hydrogen) atoms. The van der Waals surface area contributed by atoms with E-state index in [2.05, 4.69) is 113 Å². The lowest BCUT2D eigenvalue weighted by Gasteiger charge is -2.19. The highest BCUT2D eigenvalue weighted by Gasteiger charge is 2.03. The predicted molar refractivity (Wildman–Crippen MR) is 142 cm³/mol. The van der Waals surface area contributed by atoms with Gasteiger partial charge in [0, 0.05) is 20.1 Å². The maximum absolute atomic E-state index is 6.05. The van der Waals surface area contributed by atoms with Crippen molar-refractivity contribution in [1.82, 2.24) is 15.8 Å². The number of hydrogen-bond donors (Lipinski definition) is 3. The summed E-state index contributed by atoms with van der Waals surface area (Å²) in [6, 6.07) is 37.9. The lowest BCUT2D eigenvalue weighted by Crippen LogP contribution is -2.43. The van der Waals surface area contributed by atoms with Crippen molar-refractivity contribution in [2.45, 2.75) is 13.1 Å². The third-order valence-electron chi connectivity index (χ3n) is 5.54. The maximum atomic E-state index is 6.05. The fourth-order valence-electron chi connectivity index (χ4n) is 3.76. The van der Waals surface area contributed by atoms with E-state index in [1.54, 1.807) is 0 Å². The van der Waals surface area contributed by atoms with Crippen molar-refractivity contribution in [1.29, 1.82) is 0 Å². The minimum Gasteiger partial charge on any atom is -0.369 e. The quantitative estimate of drug-likeness (QED) is 0.145. The summed E-state index contributed by atoms with van der Waals surface area (Å²) in [7, 11) is 1.95. The molecular formula is C29H31N5. The average molecular weight is 450 g/mol. The van der Waals surface area contributed by atoms with E-state index in [0.717, 1.165) is 6.54 Å². The van der Waals surface area contributed by atoms with Gasteiger partial charge in [0.05, 0.1) is 6.67 Å². The number of hydrazine groups is 1. The van der Waals surface area contributed by atoms with Gasteiger partial charge in [0.25, 0.3) is 0 Å². The number of nitrogens with zero attached hydrogens (tertiary/aromatic N) is 2. The molecule has 4 aromatic rings. The Morgan fingerprint density at radius 3 is 1.68 bits per heavy atom. The summed E-state index contributed by atoms with van der Waals surface area (Å²) in [5, 5.41) is 5.24. The summed E-state index contributed by atoms with van der Waals surface area (Å²) in [6.45, 7) is 1.89. The molecule has 0 radical (unpaired) electrons. The van der Waals surface area contributed by atoms with E-state index in [4.69, 9.17) is 5.73 Å². The summed E-state index contributed by atoms with van der Waals surface area (Å²) >= 11 is 0. The van der Waals surface area contributed by atoms with Crippen molar-refractivity contribution < 1.29 is 0 Å². The van der Waals surface area contributed by atoms with Crippen molar-refractivity contribution in [2.24, 2.45) is 10.7 Å². The van der Waals surface area contributed by atoms with Gasteiger partial charge in [-0.25, -0.2) is 10.0 Å². The number of guanidine groups is 1. The van der Waals surface area contributed by atoms with Gasteiger partial charge < -0.3 is 5.73 Å². The largest absolute Gasteiger partial charge is 0.369 e. The molecule has 0 aromatic heterocycles. The fraction of sp³-hybridized carbons (Fsp3) is 0.138. The summed E-state index contributed by atoms with van der Waals surface area (Å²) in [4.78, 5) is 4.37. The highest BCUT2D eigenvalue weighted by molar-refractivity contribution is 5.77. The first-order chi connectivity index (χ1) is 16.7. The van der Waals surface area contributed by atoms with Crippen molar-refractivity contribution >= 4 is 5.96 Å². The zero-order valence-electron chi connectivity index (χ0n) is 19.5. The Kier molecular flexibility index (Phi) is 8.06. The molecule has 4 rings (SSSR count). The second-order valence-corrected chi connectivity index (χ2v) is 8.22. The lowest BCUT2D eigenvalue weighted by molar-refractivity contribution is 0.282. The van der Waals surface area contributed by atoms with Gasteiger partial charge in [-0.1, -0.05) is 109 Å². The third-order valence-corrected chi connectivity index (χ3v) is 5.54. The average Bonchev–Trinajstić information content (AvgIpc) is 2.88. The van der Waals surface area contributed by atoms with Gasteiger partial charge in [0.1, 0.15) is 0 Å². The molecule has 0 saturated carbocycles. The van der Waals surface area contributed by atoms with Gasteiger partial charge >= 0.3 is 0 Å². The monoisotopic (exact) mass is 449 g/mol. The Morgan fingerprint density at radius 1 is 0.676 bits per heavy atom. The van der Waals surface area contributed by atoms with Gasteiger partial charge in [-0.15, -0.1) is 0 Å². The van der Waals surface area contributed by atoms with E-state index in [-0.39, 0.29) is 0 Å². The number of nitrogens with one attached hydrogen (secondary N) is 2. The van der Waals surface area contributed by atoms with Crippen LogP contribution in [0.1, 0.15) is 11.1 Å². The van der Waals surface area contributed by atoms with Crippen LogP contribution in [0.4, 0.5) is 0 Å². The Morgan fingerprint density at radius 2 is 1.15 bits per heavy atom. The van der Waals surface area contributed by atoms with Gasteiger partial charge in [-0.3, -0.25) is 10.7 Å². The molecule has 0 fully saturated rings. The summed E-state index contributed by atoms with van der Waals surface area (Å²) in [5.41, 5.74) is 16.4. The Bertz CT molecular complexity index is 1170. The van der Waals surface area contributed by atoms with Crippen LogP contribution >= 0.6 is 0 Å². The van der Waals surface area contributed by atoms with E-state index in [1.807, 2.05) is 24.2 Å². The van der Waals surface area contributed by atoms with Crippen LogP contribution in [0.15, 0.2) is 114 Å². The van der Waals surface area contributed by atoms with Crippen LogP contribution in [0.5, 0.6) is 0 Å². The minimum atomic E-state index is 0.385. The van der Waals surface area contributed by atoms with Crippen LogP contribution in [0, 0.1) is 0 Å². The Balaban J connectivity index is 1.20. The molecule has 4 N–H and O–H groups in total. The molecule has 0 heterocycles. The zero-order chi connectivity index (χ0) is 23.6. The van der Waals surface area contributed by atoms with Crippen LogP contribution in [0.2, 0.25) is 0 Å². The molecule has 0 aliphatic carbocycles. The molecule has 0 amide bonds. The van der Waals surface area contributed by atoms with Crippen LogP contribution < -0.4 is 16.5 Å². The second-order valence-electron chi connectivity index (χ2n) is 8.22. The number of rotatable bonds is 9. The molecular weight excluding hydrogens is 418 g/mol. The standard InChI is InChI=1S/C29H31N5/c1-34(21-24-14-18-28(19-15-24)26-10-6-3-7-11-26)33-29(30)32-22-31-20-23-12-16-27(17-13-23)25-8-4-2-5-9-25/h2-19,31H,20-22H2,1H3,(H3,30,32,33). The van der Waals surface area contributed by atoms with E-state index in [9.17, 15) is 0 Å². The predicted octanol–water partition coefficient (Wildman–Crippen LogP) is 5.02. The van der Waals surface area contributed by atoms with Gasteiger partial charge in [-0.05, 0) is 33.4 Å². The molecule has 5 heteroatoms. The fourth-order valence-corrected chi connectivity index (χ4v) is 3.76. The number of benzene rings is 4. The SMILES string of the molecule is CN(Cc1ccc(-c2ccccc2)cc1)NC(N)=NCNCc1ccc(-c2ccccc2)cc1. The van der Waals surface area contributed by atoms with Gasteiger partial charge in [0.2, 0.25) is 5.96 Å². The van der Waals surface area contributed by atoms with E-state index in [1.165, 1.54) is 33.4 Å². The first-order valence-electron chi connectivity index (χ1n) is 11.4. The molecule has 5 nitrogen and oxygen atoms in total. The molecule has 4 aromatic carbocycles. The molecule has 0 saturated heterocycles. The third kappa shape index (κ3) is 6.78. The van der Waals surface area contributed by atoms with E-state index in [0.29, 0.717) is 19.2 Å². The molecule has 0 aliphatic heterocycles. The molecule has 0 bridgehead atoms. The van der Waals surface area contributed by atoms with Crippen molar-refractivity contribution in [3.05, 3.63) is 120 Å². The highest BCUT2D eigenvalue weighted by Crippen LogP contribution is 2.20. The second kappa shape index (κ2) is 11.8. The molecule has 0 spiro atoms. The van der Waals surface area contributed by atoms with Crippen molar-refractivity contribution in [3.63, 3.8) is 0 Å². The van der Waals surface area contributed by atoms with Gasteiger partial charge in [-0.2, -0.15) is 0 Å². The first-order valence-corrected chi connectivity index (χ1v) is 11.4. The Hall–Kier alpha value is -3.93. The topological polar surface area (TPSA) is 65.7 Å². The zero-order valence-corrected chi connectivity index (χ0v) is 19.5. The van der Waals surface area contributed by atoms with E-state index >= 15 is 0 Å². The van der Waals surface area contributed by atoms with Crippen LogP contribution in [-0.4, -0.2) is 24.7 Å². The summed E-state index contributed by atoms with van der Waals surface area (Å²) in [6.07, 6.45) is 0. The molecule has 0 aliphatic rings.